The Morgan fingerprint density at radius 2 is 2.05 bits per heavy atom. The zero-order chi connectivity index (χ0) is 26.7. The molecule has 1 aromatic carbocycles. The van der Waals surface area contributed by atoms with Crippen LogP contribution in [0.1, 0.15) is 25.8 Å². The third-order valence-corrected chi connectivity index (χ3v) is 8.55. The highest BCUT2D eigenvalue weighted by atomic mass is 32.2. The van der Waals surface area contributed by atoms with Gasteiger partial charge in [-0.2, -0.15) is 0 Å². The van der Waals surface area contributed by atoms with E-state index in [4.69, 9.17) is 9.47 Å². The van der Waals surface area contributed by atoms with Gasteiger partial charge in [0.05, 0.1) is 18.4 Å². The van der Waals surface area contributed by atoms with E-state index in [1.807, 2.05) is 6.92 Å². The maximum atomic E-state index is 13.7. The van der Waals surface area contributed by atoms with E-state index in [2.05, 4.69) is 10.3 Å². The molecule has 4 rings (SSSR count). The molecule has 204 valence electrons. The summed E-state index contributed by atoms with van der Waals surface area (Å²) in [6.07, 6.45) is -1.93. The van der Waals surface area contributed by atoms with Gasteiger partial charge in [-0.15, -0.1) is 16.9 Å². The van der Waals surface area contributed by atoms with Crippen LogP contribution < -0.4 is 0 Å². The summed E-state index contributed by atoms with van der Waals surface area (Å²) >= 11 is 0.953. The van der Waals surface area contributed by atoms with Crippen LogP contribution in [0.15, 0.2) is 30.5 Å². The van der Waals surface area contributed by atoms with Crippen LogP contribution in [0.4, 0.5) is 4.39 Å². The second-order valence-corrected chi connectivity index (χ2v) is 10.6. The molecule has 2 aromatic rings. The number of rotatable bonds is 8. The SMILES string of the molecule is CCN(C)C(=O)[C@@H](S[C@@H]1O[C@H](CO)[C@H](O)[C@H](n2cc(-c3cccc(F)c3)nn2)[C@H]1O)C1(O)CCOCC1. The fourth-order valence-corrected chi connectivity index (χ4v) is 6.17. The van der Waals surface area contributed by atoms with Crippen LogP contribution in [-0.4, -0.2) is 114 Å². The lowest BCUT2D eigenvalue weighted by Gasteiger charge is -2.45. The molecule has 0 radical (unpaired) electrons. The number of benzene rings is 1. The molecule has 1 amide bonds. The van der Waals surface area contributed by atoms with E-state index >= 15 is 0 Å². The van der Waals surface area contributed by atoms with Crippen LogP contribution in [0.3, 0.4) is 0 Å². The summed E-state index contributed by atoms with van der Waals surface area (Å²) in [6, 6.07) is 4.67. The van der Waals surface area contributed by atoms with Gasteiger partial charge in [0.25, 0.3) is 0 Å². The first kappa shape index (κ1) is 27.9. The largest absolute Gasteiger partial charge is 0.394 e. The fourth-order valence-electron chi connectivity index (χ4n) is 4.59. The highest BCUT2D eigenvalue weighted by Crippen LogP contribution is 2.42. The summed E-state index contributed by atoms with van der Waals surface area (Å²) in [6.45, 7) is 2.24. The number of aromatic nitrogens is 3. The number of thioether (sulfide) groups is 1. The first-order valence-electron chi connectivity index (χ1n) is 12.2. The molecular weight excluding hydrogens is 507 g/mol. The molecule has 4 N–H and O–H groups in total. The Kier molecular flexibility index (Phi) is 8.84. The lowest BCUT2D eigenvalue weighted by Crippen LogP contribution is -2.58. The number of amides is 1. The summed E-state index contributed by atoms with van der Waals surface area (Å²) in [5.74, 6) is -0.779. The predicted molar refractivity (Wildman–Crippen MR) is 132 cm³/mol. The van der Waals surface area contributed by atoms with Crippen molar-refractivity contribution in [2.45, 2.75) is 60.4 Å². The Morgan fingerprint density at radius 1 is 1.32 bits per heavy atom. The van der Waals surface area contributed by atoms with Crippen molar-refractivity contribution in [3.63, 3.8) is 0 Å². The van der Waals surface area contributed by atoms with E-state index in [1.165, 1.54) is 34.0 Å². The predicted octanol–water partition coefficient (Wildman–Crippen LogP) is 0.186. The maximum Gasteiger partial charge on any atom is 0.238 e. The van der Waals surface area contributed by atoms with Crippen LogP contribution in [-0.2, 0) is 14.3 Å². The average Bonchev–Trinajstić information content (AvgIpc) is 3.37. The van der Waals surface area contributed by atoms with Gasteiger partial charge in [0.15, 0.2) is 0 Å². The molecule has 0 unspecified atom stereocenters. The van der Waals surface area contributed by atoms with Gasteiger partial charge in [0.2, 0.25) is 5.91 Å². The zero-order valence-corrected chi connectivity index (χ0v) is 21.5. The summed E-state index contributed by atoms with van der Waals surface area (Å²) in [4.78, 5) is 14.8. The number of hydrogen-bond acceptors (Lipinski definition) is 10. The lowest BCUT2D eigenvalue weighted by molar-refractivity contribution is -0.179. The van der Waals surface area contributed by atoms with Crippen molar-refractivity contribution in [3.05, 3.63) is 36.3 Å². The minimum absolute atomic E-state index is 0.229. The molecular formula is C24H33FN4O7S. The molecule has 2 aliphatic heterocycles. The van der Waals surface area contributed by atoms with Gasteiger partial charge in [-0.3, -0.25) is 4.79 Å². The monoisotopic (exact) mass is 540 g/mol. The Balaban J connectivity index is 1.63. The van der Waals surface area contributed by atoms with Crippen LogP contribution in [0, 0.1) is 5.82 Å². The highest BCUT2D eigenvalue weighted by Gasteiger charge is 2.51. The second-order valence-electron chi connectivity index (χ2n) is 9.38. The molecule has 11 nitrogen and oxygen atoms in total. The molecule has 6 atom stereocenters. The second kappa shape index (κ2) is 11.7. The van der Waals surface area contributed by atoms with Crippen LogP contribution in [0.25, 0.3) is 11.3 Å². The Hall–Kier alpha value is -2.13. The van der Waals surface area contributed by atoms with E-state index in [0.717, 1.165) is 11.8 Å². The molecule has 2 fully saturated rings. The number of nitrogens with zero attached hydrogens (tertiary/aromatic N) is 4. The molecule has 2 saturated heterocycles. The van der Waals surface area contributed by atoms with Crippen LogP contribution >= 0.6 is 11.8 Å². The van der Waals surface area contributed by atoms with Gasteiger partial charge in [0, 0.05) is 45.2 Å². The van der Waals surface area contributed by atoms with E-state index in [1.54, 1.807) is 13.1 Å². The van der Waals surface area contributed by atoms with Gasteiger partial charge < -0.3 is 34.8 Å². The van der Waals surface area contributed by atoms with Gasteiger partial charge in [0.1, 0.15) is 46.6 Å². The number of ether oxygens (including phenoxy) is 2. The van der Waals surface area contributed by atoms with Crippen LogP contribution in [0.2, 0.25) is 0 Å². The molecule has 13 heteroatoms. The van der Waals surface area contributed by atoms with Crippen molar-refractivity contribution in [2.24, 2.45) is 0 Å². The molecule has 3 heterocycles. The summed E-state index contributed by atoms with van der Waals surface area (Å²) in [5, 5.41) is 50.7. The number of hydrogen-bond donors (Lipinski definition) is 4. The zero-order valence-electron chi connectivity index (χ0n) is 20.7. The Morgan fingerprint density at radius 3 is 2.70 bits per heavy atom. The van der Waals surface area contributed by atoms with Crippen molar-refractivity contribution in [1.82, 2.24) is 19.9 Å². The maximum absolute atomic E-state index is 13.7. The standard InChI is InChI=1S/C24H33FN4O7S/c1-3-28(2)22(33)21(24(34)7-9-35-10-8-24)37-23-20(32)18(19(31)17(13-30)36-23)29-12-16(26-27-29)14-5-4-6-15(25)11-14/h4-6,11-12,17-21,23,30-32,34H,3,7-10,13H2,1-2H3/t17-,18+,19+,20-,21-,23+/m1/s1. The third-order valence-electron chi connectivity index (χ3n) is 6.98. The number of carbonyl (C=O) groups excluding carboxylic acids is 1. The summed E-state index contributed by atoms with van der Waals surface area (Å²) in [7, 11) is 1.63. The highest BCUT2D eigenvalue weighted by molar-refractivity contribution is 8.01. The van der Waals surface area contributed by atoms with Gasteiger partial charge >= 0.3 is 0 Å². The minimum Gasteiger partial charge on any atom is -0.394 e. The number of aliphatic hydroxyl groups excluding tert-OH is 3. The van der Waals surface area contributed by atoms with E-state index in [-0.39, 0.29) is 32.0 Å². The molecule has 1 aromatic heterocycles. The van der Waals surface area contributed by atoms with Crippen molar-refractivity contribution >= 4 is 17.7 Å². The van der Waals surface area contributed by atoms with E-state index in [0.29, 0.717) is 17.8 Å². The van der Waals surface area contributed by atoms with Crippen molar-refractivity contribution in [1.29, 1.82) is 0 Å². The minimum atomic E-state index is -1.40. The molecule has 2 aliphatic rings. The Labute approximate surface area is 218 Å². The number of aliphatic hydroxyl groups is 4. The first-order chi connectivity index (χ1) is 17.7. The summed E-state index contributed by atoms with van der Waals surface area (Å²) < 4.78 is 26.2. The Bertz CT molecular complexity index is 1070. The molecule has 37 heavy (non-hydrogen) atoms. The number of carbonyl (C=O) groups is 1. The molecule has 0 bridgehead atoms. The average molecular weight is 541 g/mol. The van der Waals surface area contributed by atoms with Gasteiger partial charge in [-0.1, -0.05) is 17.3 Å². The fraction of sp³-hybridized carbons (Fsp3) is 0.625. The lowest BCUT2D eigenvalue weighted by atomic mass is 9.89. The number of halogens is 1. The van der Waals surface area contributed by atoms with Gasteiger partial charge in [-0.05, 0) is 19.1 Å². The van der Waals surface area contributed by atoms with Crippen molar-refractivity contribution in [2.75, 3.05) is 33.4 Å². The molecule has 0 aliphatic carbocycles. The van der Waals surface area contributed by atoms with Crippen molar-refractivity contribution < 1.29 is 39.1 Å². The first-order valence-corrected chi connectivity index (χ1v) is 13.1. The van der Waals surface area contributed by atoms with Crippen LogP contribution in [0.5, 0.6) is 0 Å². The third kappa shape index (κ3) is 5.82. The molecule has 0 saturated carbocycles. The normalized spacial score (nSPS) is 28.6. The van der Waals surface area contributed by atoms with Gasteiger partial charge in [-0.25, -0.2) is 9.07 Å². The van der Waals surface area contributed by atoms with E-state index < -0.39 is 53.1 Å². The molecule has 0 spiro atoms. The smallest absolute Gasteiger partial charge is 0.238 e. The van der Waals surface area contributed by atoms with E-state index in [9.17, 15) is 29.6 Å². The topological polar surface area (TPSA) is 150 Å². The quantitative estimate of drug-likeness (QED) is 0.365. The van der Waals surface area contributed by atoms with Crippen molar-refractivity contribution in [3.8, 4) is 11.3 Å². The summed E-state index contributed by atoms with van der Waals surface area (Å²) in [5.41, 5.74) is -1.71.